The number of nitrogens with zero attached hydrogens (tertiary/aromatic N) is 4. The number of anilines is 1. The van der Waals surface area contributed by atoms with Crippen LogP contribution in [0.3, 0.4) is 0 Å². The smallest absolute Gasteiger partial charge is 0.225 e. The van der Waals surface area contributed by atoms with Gasteiger partial charge in [0, 0.05) is 51.5 Å². The Hall–Kier alpha value is -1.98. The molecule has 1 aromatic carbocycles. The van der Waals surface area contributed by atoms with Gasteiger partial charge in [-0.1, -0.05) is 30.3 Å². The highest BCUT2D eigenvalue weighted by Crippen LogP contribution is 2.24. The van der Waals surface area contributed by atoms with E-state index in [4.69, 9.17) is 4.98 Å². The molecule has 2 saturated heterocycles. The zero-order valence-corrected chi connectivity index (χ0v) is 14.1. The Balaban J connectivity index is 1.51. The number of nitrogens with one attached hydrogen (secondary N) is 1. The molecule has 0 amide bonds. The first-order valence-corrected chi connectivity index (χ1v) is 8.97. The lowest BCUT2D eigenvalue weighted by Crippen LogP contribution is -2.45. The van der Waals surface area contributed by atoms with Crippen LogP contribution in [0.1, 0.15) is 30.1 Å². The average molecular weight is 323 g/mol. The molecule has 5 nitrogen and oxygen atoms in total. The van der Waals surface area contributed by atoms with Gasteiger partial charge in [0.15, 0.2) is 0 Å². The SMILES string of the molecule is c1ccc([C@@H]2CNCCN2Cc2ccnc(N3CCCC3)n2)cc1. The average Bonchev–Trinajstić information content (AvgIpc) is 3.18. The zero-order valence-electron chi connectivity index (χ0n) is 14.1. The van der Waals surface area contributed by atoms with Gasteiger partial charge in [-0.25, -0.2) is 9.97 Å². The third-order valence-corrected chi connectivity index (χ3v) is 4.99. The van der Waals surface area contributed by atoms with Gasteiger partial charge in [0.1, 0.15) is 0 Å². The van der Waals surface area contributed by atoms with Crippen LogP contribution in [0.25, 0.3) is 0 Å². The van der Waals surface area contributed by atoms with E-state index in [9.17, 15) is 0 Å². The molecule has 2 aliphatic rings. The predicted octanol–water partition coefficient (Wildman–Crippen LogP) is 2.22. The molecule has 3 heterocycles. The van der Waals surface area contributed by atoms with Crippen molar-refractivity contribution in [1.82, 2.24) is 20.2 Å². The molecule has 0 aliphatic carbocycles. The van der Waals surface area contributed by atoms with Crippen LogP contribution >= 0.6 is 0 Å². The van der Waals surface area contributed by atoms with Gasteiger partial charge in [0.05, 0.1) is 5.69 Å². The molecule has 24 heavy (non-hydrogen) atoms. The molecule has 0 unspecified atom stereocenters. The van der Waals surface area contributed by atoms with Crippen LogP contribution in [0, 0.1) is 0 Å². The molecule has 126 valence electrons. The fraction of sp³-hybridized carbons (Fsp3) is 0.474. The van der Waals surface area contributed by atoms with Crippen LogP contribution in [0.15, 0.2) is 42.6 Å². The minimum Gasteiger partial charge on any atom is -0.341 e. The molecule has 4 rings (SSSR count). The summed E-state index contributed by atoms with van der Waals surface area (Å²) in [6.07, 6.45) is 4.42. The molecule has 0 radical (unpaired) electrons. The van der Waals surface area contributed by atoms with Crippen LogP contribution in [-0.2, 0) is 6.54 Å². The van der Waals surface area contributed by atoms with Crippen LogP contribution in [-0.4, -0.2) is 47.6 Å². The van der Waals surface area contributed by atoms with Gasteiger partial charge < -0.3 is 10.2 Å². The summed E-state index contributed by atoms with van der Waals surface area (Å²) >= 11 is 0. The maximum atomic E-state index is 4.83. The first-order valence-electron chi connectivity index (χ1n) is 8.97. The molecule has 0 saturated carbocycles. The Morgan fingerprint density at radius 2 is 1.88 bits per heavy atom. The number of benzene rings is 1. The highest BCUT2D eigenvalue weighted by atomic mass is 15.3. The predicted molar refractivity (Wildman–Crippen MR) is 95.9 cm³/mol. The van der Waals surface area contributed by atoms with Crippen molar-refractivity contribution in [3.63, 3.8) is 0 Å². The fourth-order valence-corrected chi connectivity index (χ4v) is 3.69. The van der Waals surface area contributed by atoms with Crippen molar-refractivity contribution < 1.29 is 0 Å². The fourth-order valence-electron chi connectivity index (χ4n) is 3.69. The summed E-state index contributed by atoms with van der Waals surface area (Å²) < 4.78 is 0. The van der Waals surface area contributed by atoms with E-state index < -0.39 is 0 Å². The molecule has 1 atom stereocenters. The summed E-state index contributed by atoms with van der Waals surface area (Å²) in [4.78, 5) is 14.1. The Morgan fingerprint density at radius 1 is 1.04 bits per heavy atom. The Kier molecular flexibility index (Phi) is 4.71. The molecule has 5 heteroatoms. The van der Waals surface area contributed by atoms with E-state index in [0.29, 0.717) is 6.04 Å². The topological polar surface area (TPSA) is 44.3 Å². The van der Waals surface area contributed by atoms with Crippen LogP contribution < -0.4 is 10.2 Å². The van der Waals surface area contributed by atoms with Crippen molar-refractivity contribution in [1.29, 1.82) is 0 Å². The van der Waals surface area contributed by atoms with Crippen LogP contribution in [0.5, 0.6) is 0 Å². The van der Waals surface area contributed by atoms with E-state index in [-0.39, 0.29) is 0 Å². The molecule has 0 bridgehead atoms. The number of aromatic nitrogens is 2. The van der Waals surface area contributed by atoms with Gasteiger partial charge in [0.25, 0.3) is 0 Å². The van der Waals surface area contributed by atoms with E-state index >= 15 is 0 Å². The second kappa shape index (κ2) is 7.28. The van der Waals surface area contributed by atoms with Crippen molar-refractivity contribution in [2.24, 2.45) is 0 Å². The first-order chi connectivity index (χ1) is 11.9. The highest BCUT2D eigenvalue weighted by molar-refractivity contribution is 5.31. The Bertz CT molecular complexity index is 654. The van der Waals surface area contributed by atoms with E-state index in [2.05, 4.69) is 56.5 Å². The summed E-state index contributed by atoms with van der Waals surface area (Å²) in [5.74, 6) is 0.899. The van der Waals surface area contributed by atoms with Gasteiger partial charge in [-0.2, -0.15) is 0 Å². The second-order valence-corrected chi connectivity index (χ2v) is 6.64. The van der Waals surface area contributed by atoms with Gasteiger partial charge >= 0.3 is 0 Å². The summed E-state index contributed by atoms with van der Waals surface area (Å²) in [5, 5.41) is 3.52. The van der Waals surface area contributed by atoms with Crippen molar-refractivity contribution in [2.75, 3.05) is 37.6 Å². The summed E-state index contributed by atoms with van der Waals surface area (Å²) in [7, 11) is 0. The lowest BCUT2D eigenvalue weighted by atomic mass is 10.0. The van der Waals surface area contributed by atoms with E-state index in [1.165, 1.54) is 18.4 Å². The number of hydrogen-bond donors (Lipinski definition) is 1. The lowest BCUT2D eigenvalue weighted by molar-refractivity contribution is 0.152. The zero-order chi connectivity index (χ0) is 16.2. The van der Waals surface area contributed by atoms with Crippen molar-refractivity contribution >= 4 is 5.95 Å². The quantitative estimate of drug-likeness (QED) is 0.935. The van der Waals surface area contributed by atoms with E-state index in [0.717, 1.165) is 50.9 Å². The minimum atomic E-state index is 0.408. The molecule has 1 aromatic heterocycles. The first kappa shape index (κ1) is 15.5. The molecule has 2 aliphatic heterocycles. The number of piperazine rings is 1. The largest absolute Gasteiger partial charge is 0.341 e. The standard InChI is InChI=1S/C19H25N5/c1-2-6-16(7-3-1)18-14-20-10-13-24(18)15-17-8-9-21-19(22-17)23-11-4-5-12-23/h1-3,6-9,18,20H,4-5,10-15H2/t18-/m0/s1. The van der Waals surface area contributed by atoms with Crippen molar-refractivity contribution in [3.8, 4) is 0 Å². The summed E-state index contributed by atoms with van der Waals surface area (Å²) in [6, 6.07) is 13.2. The highest BCUT2D eigenvalue weighted by Gasteiger charge is 2.24. The van der Waals surface area contributed by atoms with Crippen molar-refractivity contribution in [3.05, 3.63) is 53.9 Å². The number of rotatable bonds is 4. The minimum absolute atomic E-state index is 0.408. The molecule has 0 spiro atoms. The molecule has 2 aromatic rings. The summed E-state index contributed by atoms with van der Waals surface area (Å²) in [5.41, 5.74) is 2.49. The molecule has 1 N–H and O–H groups in total. The Morgan fingerprint density at radius 3 is 2.71 bits per heavy atom. The van der Waals surface area contributed by atoms with E-state index in [1.54, 1.807) is 0 Å². The lowest BCUT2D eigenvalue weighted by Gasteiger charge is -2.36. The molecular weight excluding hydrogens is 298 g/mol. The van der Waals surface area contributed by atoms with Gasteiger partial charge in [-0.15, -0.1) is 0 Å². The second-order valence-electron chi connectivity index (χ2n) is 6.64. The van der Waals surface area contributed by atoms with Crippen molar-refractivity contribution in [2.45, 2.75) is 25.4 Å². The molecular formula is C19H25N5. The summed E-state index contributed by atoms with van der Waals surface area (Å²) in [6.45, 7) is 6.13. The van der Waals surface area contributed by atoms with Crippen LogP contribution in [0.4, 0.5) is 5.95 Å². The van der Waals surface area contributed by atoms with Gasteiger partial charge in [0.2, 0.25) is 5.95 Å². The third kappa shape index (κ3) is 3.42. The van der Waals surface area contributed by atoms with Crippen LogP contribution in [0.2, 0.25) is 0 Å². The van der Waals surface area contributed by atoms with Gasteiger partial charge in [-0.05, 0) is 24.5 Å². The maximum Gasteiger partial charge on any atom is 0.225 e. The normalized spacial score (nSPS) is 22.0. The maximum absolute atomic E-state index is 4.83. The monoisotopic (exact) mass is 323 g/mol. The van der Waals surface area contributed by atoms with E-state index in [1.807, 2.05) is 6.20 Å². The van der Waals surface area contributed by atoms with Gasteiger partial charge in [-0.3, -0.25) is 4.90 Å². The molecule has 2 fully saturated rings. The Labute approximate surface area is 143 Å². The third-order valence-electron chi connectivity index (χ3n) is 4.99. The number of hydrogen-bond acceptors (Lipinski definition) is 5.